The lowest BCUT2D eigenvalue weighted by molar-refractivity contribution is -0.123. The van der Waals surface area contributed by atoms with E-state index >= 15 is 0 Å². The summed E-state index contributed by atoms with van der Waals surface area (Å²) < 4.78 is 0. The molecule has 0 spiro atoms. The normalized spacial score (nSPS) is 35.1. The van der Waals surface area contributed by atoms with Gasteiger partial charge in [-0.05, 0) is 124 Å². The van der Waals surface area contributed by atoms with Gasteiger partial charge >= 0.3 is 0 Å². The summed E-state index contributed by atoms with van der Waals surface area (Å²) in [5.74, 6) is 5.34. The van der Waals surface area contributed by atoms with Crippen molar-refractivity contribution in [1.29, 1.82) is 0 Å². The molecular formula is C37H73N7O. The van der Waals surface area contributed by atoms with Gasteiger partial charge in [0.1, 0.15) is 0 Å². The fraction of sp³-hybridized carbons (Fsp3) is 0.973. The number of carbonyl (C=O) groups excluding carboxylic acids is 1. The van der Waals surface area contributed by atoms with Crippen LogP contribution in [-0.2, 0) is 4.79 Å². The molecule has 0 aromatic rings. The van der Waals surface area contributed by atoms with Crippen LogP contribution >= 0.6 is 0 Å². The molecule has 0 aliphatic heterocycles. The lowest BCUT2D eigenvalue weighted by Gasteiger charge is -2.61. The van der Waals surface area contributed by atoms with Crippen LogP contribution in [0.5, 0.6) is 0 Å². The third-order valence-corrected chi connectivity index (χ3v) is 13.2. The Hall–Kier alpha value is -0.770. The molecule has 4 rings (SSSR count). The van der Waals surface area contributed by atoms with Gasteiger partial charge in [-0.25, -0.2) is 0 Å². The summed E-state index contributed by atoms with van der Waals surface area (Å²) in [7, 11) is 0. The molecule has 9 atom stereocenters. The largest absolute Gasteiger partial charge is 0.354 e. The smallest absolute Gasteiger partial charge is 0.220 e. The number of hydrogen-bond acceptors (Lipinski definition) is 7. The highest BCUT2D eigenvalue weighted by Gasteiger charge is 2.60. The van der Waals surface area contributed by atoms with Gasteiger partial charge in [-0.2, -0.15) is 0 Å². The Morgan fingerprint density at radius 2 is 1.33 bits per heavy atom. The van der Waals surface area contributed by atoms with Gasteiger partial charge in [0.15, 0.2) is 0 Å². The minimum absolute atomic E-state index is 0.239. The maximum atomic E-state index is 12.4. The molecule has 1 amide bonds. The van der Waals surface area contributed by atoms with E-state index in [1.54, 1.807) is 0 Å². The molecule has 262 valence electrons. The standard InChI is InChI=1S/C37H73N7O/c1-27(2)44-35(45)11-6-28(3)32-9-10-33-31-8-7-29-26-30(12-14-36(29,4)34(31)13-15-37(32,33)5)43-25-24-42-23-22-41-21-20-40-19-18-39-17-16-38/h27-34,39-43H,6-26,38H2,1-5H3,(H,44,45)/t28-,29?,30+,31?,32-,33?,34?,36+,37-/m1/s1. The van der Waals surface area contributed by atoms with E-state index in [0.717, 1.165) is 94.9 Å². The van der Waals surface area contributed by atoms with Crippen molar-refractivity contribution >= 4 is 5.91 Å². The maximum absolute atomic E-state index is 12.4. The minimum atomic E-state index is 0.239. The Morgan fingerprint density at radius 1 is 0.733 bits per heavy atom. The fourth-order valence-electron chi connectivity index (χ4n) is 10.9. The molecule has 0 bridgehead atoms. The Labute approximate surface area is 277 Å². The molecule has 4 fully saturated rings. The minimum Gasteiger partial charge on any atom is -0.354 e. The topological polar surface area (TPSA) is 115 Å². The molecular weight excluding hydrogens is 558 g/mol. The number of carbonyl (C=O) groups is 1. The van der Waals surface area contributed by atoms with Crippen LogP contribution < -0.4 is 37.6 Å². The van der Waals surface area contributed by atoms with Crippen LogP contribution in [0.2, 0.25) is 0 Å². The number of hydrogen-bond donors (Lipinski definition) is 7. The van der Waals surface area contributed by atoms with Gasteiger partial charge in [0.05, 0.1) is 0 Å². The van der Waals surface area contributed by atoms with Gasteiger partial charge < -0.3 is 37.6 Å². The van der Waals surface area contributed by atoms with Crippen molar-refractivity contribution in [3.8, 4) is 0 Å². The van der Waals surface area contributed by atoms with Crippen molar-refractivity contribution in [2.75, 3.05) is 65.4 Å². The van der Waals surface area contributed by atoms with E-state index in [1.807, 2.05) is 0 Å². The monoisotopic (exact) mass is 632 g/mol. The van der Waals surface area contributed by atoms with Crippen LogP contribution in [0.1, 0.15) is 105 Å². The number of nitrogens with two attached hydrogens (primary N) is 1. The molecule has 4 aliphatic rings. The second kappa shape index (κ2) is 18.1. The number of amides is 1. The summed E-state index contributed by atoms with van der Waals surface area (Å²) in [6.45, 7) is 21.7. The van der Waals surface area contributed by atoms with Gasteiger partial charge in [-0.1, -0.05) is 20.8 Å². The Balaban J connectivity index is 1.12. The highest BCUT2D eigenvalue weighted by molar-refractivity contribution is 5.76. The second-order valence-electron chi connectivity index (χ2n) is 16.3. The van der Waals surface area contributed by atoms with Gasteiger partial charge in [-0.3, -0.25) is 4.79 Å². The lowest BCUT2D eigenvalue weighted by Crippen LogP contribution is -2.55. The lowest BCUT2D eigenvalue weighted by atomic mass is 9.44. The Bertz CT molecular complexity index is 872. The first-order chi connectivity index (χ1) is 21.7. The van der Waals surface area contributed by atoms with Crippen LogP contribution in [0.15, 0.2) is 0 Å². The first-order valence-electron chi connectivity index (χ1n) is 19.2. The van der Waals surface area contributed by atoms with Gasteiger partial charge in [0.25, 0.3) is 0 Å². The summed E-state index contributed by atoms with van der Waals surface area (Å²) in [6, 6.07) is 0.940. The van der Waals surface area contributed by atoms with Gasteiger partial charge in [0.2, 0.25) is 5.91 Å². The molecule has 0 heterocycles. The second-order valence-corrected chi connectivity index (χ2v) is 16.3. The van der Waals surface area contributed by atoms with Crippen molar-refractivity contribution in [2.24, 2.45) is 52.1 Å². The molecule has 45 heavy (non-hydrogen) atoms. The van der Waals surface area contributed by atoms with Crippen LogP contribution in [0.4, 0.5) is 0 Å². The molecule has 0 saturated heterocycles. The van der Waals surface area contributed by atoms with Crippen molar-refractivity contribution in [1.82, 2.24) is 31.9 Å². The number of fused-ring (bicyclic) bond motifs is 5. The molecule has 0 radical (unpaired) electrons. The molecule has 8 nitrogen and oxygen atoms in total. The highest BCUT2D eigenvalue weighted by Crippen LogP contribution is 2.68. The molecule has 4 saturated carbocycles. The van der Waals surface area contributed by atoms with Crippen LogP contribution in [-0.4, -0.2) is 83.4 Å². The Kier molecular flexibility index (Phi) is 14.9. The first kappa shape index (κ1) is 37.1. The van der Waals surface area contributed by atoms with Crippen molar-refractivity contribution in [3.05, 3.63) is 0 Å². The molecule has 8 heteroatoms. The van der Waals surface area contributed by atoms with E-state index in [1.165, 1.54) is 57.8 Å². The van der Waals surface area contributed by atoms with Crippen molar-refractivity contribution < 1.29 is 4.79 Å². The molecule has 0 aromatic carbocycles. The summed E-state index contributed by atoms with van der Waals surface area (Å²) in [4.78, 5) is 12.4. The molecule has 4 unspecified atom stereocenters. The zero-order valence-electron chi connectivity index (χ0n) is 30.0. The Morgan fingerprint density at radius 3 is 1.98 bits per heavy atom. The highest BCUT2D eigenvalue weighted by atomic mass is 16.1. The average Bonchev–Trinajstić information content (AvgIpc) is 3.37. The van der Waals surface area contributed by atoms with E-state index in [2.05, 4.69) is 66.5 Å². The SMILES string of the molecule is CC(C)NC(=O)CC[C@@H](C)[C@H]1CCC2C3CCC4C[C@@H](NCCNCCNCCNCCNCCN)CC[C@]4(C)C3CC[C@@]21C. The van der Waals surface area contributed by atoms with Crippen molar-refractivity contribution in [3.63, 3.8) is 0 Å². The predicted octanol–water partition coefficient (Wildman–Crippen LogP) is 3.86. The van der Waals surface area contributed by atoms with E-state index in [-0.39, 0.29) is 11.9 Å². The molecule has 4 aliphatic carbocycles. The zero-order valence-corrected chi connectivity index (χ0v) is 30.0. The summed E-state index contributed by atoms with van der Waals surface area (Å²) >= 11 is 0. The fourth-order valence-corrected chi connectivity index (χ4v) is 10.9. The van der Waals surface area contributed by atoms with Gasteiger partial charge in [0, 0.05) is 84.0 Å². The third-order valence-electron chi connectivity index (χ3n) is 13.2. The van der Waals surface area contributed by atoms with E-state index < -0.39 is 0 Å². The van der Waals surface area contributed by atoms with Crippen LogP contribution in [0, 0.1) is 46.3 Å². The van der Waals surface area contributed by atoms with E-state index in [0.29, 0.717) is 35.8 Å². The van der Waals surface area contributed by atoms with Crippen LogP contribution in [0.3, 0.4) is 0 Å². The van der Waals surface area contributed by atoms with E-state index in [4.69, 9.17) is 5.73 Å². The average molecular weight is 632 g/mol. The third kappa shape index (κ3) is 9.88. The van der Waals surface area contributed by atoms with Gasteiger partial charge in [-0.15, -0.1) is 0 Å². The number of rotatable bonds is 20. The maximum Gasteiger partial charge on any atom is 0.220 e. The summed E-state index contributed by atoms with van der Waals surface area (Å²) in [5.41, 5.74) is 6.52. The first-order valence-corrected chi connectivity index (χ1v) is 19.2. The summed E-state index contributed by atoms with van der Waals surface area (Å²) in [5, 5.41) is 20.9. The number of nitrogens with one attached hydrogen (secondary N) is 6. The zero-order chi connectivity index (χ0) is 32.3. The quantitative estimate of drug-likeness (QED) is 0.102. The van der Waals surface area contributed by atoms with E-state index in [9.17, 15) is 4.79 Å². The van der Waals surface area contributed by atoms with Crippen LogP contribution in [0.25, 0.3) is 0 Å². The molecule has 8 N–H and O–H groups in total. The summed E-state index contributed by atoms with van der Waals surface area (Å²) in [6.07, 6.45) is 14.5. The predicted molar refractivity (Wildman–Crippen MR) is 189 cm³/mol. The van der Waals surface area contributed by atoms with Crippen molar-refractivity contribution in [2.45, 2.75) is 117 Å². The molecule has 0 aromatic heterocycles.